The lowest BCUT2D eigenvalue weighted by Gasteiger charge is -2.10. The van der Waals surface area contributed by atoms with Crippen molar-refractivity contribution in [3.05, 3.63) is 75.2 Å². The molecule has 0 aliphatic carbocycles. The Bertz CT molecular complexity index is 1010. The van der Waals surface area contributed by atoms with Gasteiger partial charge in [0.1, 0.15) is 11.5 Å². The zero-order valence-corrected chi connectivity index (χ0v) is 16.2. The van der Waals surface area contributed by atoms with Gasteiger partial charge in [-0.25, -0.2) is 4.98 Å². The molecule has 1 heterocycles. The van der Waals surface area contributed by atoms with Crippen molar-refractivity contribution in [1.29, 1.82) is 0 Å². The lowest BCUT2D eigenvalue weighted by Crippen LogP contribution is -2.26. The van der Waals surface area contributed by atoms with Crippen molar-refractivity contribution in [1.82, 2.24) is 9.55 Å². The SMILES string of the molecule is COc1cc(OC)cc(C(=O)Nc2nccn(-c3ccc(Br)cc3)c2=O)c1. The van der Waals surface area contributed by atoms with E-state index in [-0.39, 0.29) is 11.4 Å². The summed E-state index contributed by atoms with van der Waals surface area (Å²) in [6.07, 6.45) is 2.99. The summed E-state index contributed by atoms with van der Waals surface area (Å²) < 4.78 is 12.6. The molecule has 0 fully saturated rings. The number of rotatable bonds is 5. The third kappa shape index (κ3) is 4.17. The average molecular weight is 430 g/mol. The van der Waals surface area contributed by atoms with E-state index >= 15 is 0 Å². The summed E-state index contributed by atoms with van der Waals surface area (Å²) in [6.45, 7) is 0. The van der Waals surface area contributed by atoms with Crippen LogP contribution in [0.2, 0.25) is 0 Å². The number of ether oxygens (including phenoxy) is 2. The maximum Gasteiger partial charge on any atom is 0.298 e. The molecule has 1 N–H and O–H groups in total. The van der Waals surface area contributed by atoms with Gasteiger partial charge >= 0.3 is 0 Å². The van der Waals surface area contributed by atoms with E-state index in [1.54, 1.807) is 30.3 Å². The van der Waals surface area contributed by atoms with E-state index in [1.807, 2.05) is 12.1 Å². The fourth-order valence-electron chi connectivity index (χ4n) is 2.42. The summed E-state index contributed by atoms with van der Waals surface area (Å²) in [6, 6.07) is 12.0. The van der Waals surface area contributed by atoms with Gasteiger partial charge in [0, 0.05) is 34.2 Å². The number of hydrogen-bond acceptors (Lipinski definition) is 5. The summed E-state index contributed by atoms with van der Waals surface area (Å²) in [7, 11) is 2.98. The van der Waals surface area contributed by atoms with Crippen LogP contribution in [0.5, 0.6) is 11.5 Å². The van der Waals surface area contributed by atoms with Crippen LogP contribution in [0.4, 0.5) is 5.82 Å². The quantitative estimate of drug-likeness (QED) is 0.672. The van der Waals surface area contributed by atoms with Crippen LogP contribution in [0.1, 0.15) is 10.4 Å². The molecule has 27 heavy (non-hydrogen) atoms. The fraction of sp³-hybridized carbons (Fsp3) is 0.105. The molecule has 1 amide bonds. The number of carbonyl (C=O) groups is 1. The first kappa shape index (κ1) is 18.7. The van der Waals surface area contributed by atoms with Gasteiger partial charge in [0.2, 0.25) is 0 Å². The van der Waals surface area contributed by atoms with Crippen molar-refractivity contribution >= 4 is 27.7 Å². The summed E-state index contributed by atoms with van der Waals surface area (Å²) >= 11 is 3.36. The highest BCUT2D eigenvalue weighted by atomic mass is 79.9. The molecule has 0 saturated heterocycles. The van der Waals surface area contributed by atoms with Gasteiger partial charge in [-0.05, 0) is 36.4 Å². The Morgan fingerprint density at radius 1 is 1.07 bits per heavy atom. The number of aromatic nitrogens is 2. The number of nitrogens with one attached hydrogen (secondary N) is 1. The number of halogens is 1. The monoisotopic (exact) mass is 429 g/mol. The van der Waals surface area contributed by atoms with E-state index in [1.165, 1.54) is 31.2 Å². The van der Waals surface area contributed by atoms with Crippen molar-refractivity contribution in [3.63, 3.8) is 0 Å². The third-order valence-corrected chi connectivity index (χ3v) is 4.32. The number of nitrogens with zero attached hydrogens (tertiary/aromatic N) is 2. The van der Waals surface area contributed by atoms with Crippen LogP contribution in [0.25, 0.3) is 5.69 Å². The summed E-state index contributed by atoms with van der Waals surface area (Å²) in [5.74, 6) is 0.359. The number of hydrogen-bond donors (Lipinski definition) is 1. The van der Waals surface area contributed by atoms with Crippen molar-refractivity contribution in [2.24, 2.45) is 0 Å². The van der Waals surface area contributed by atoms with Gasteiger partial charge in [0.15, 0.2) is 5.82 Å². The van der Waals surface area contributed by atoms with Gasteiger partial charge in [-0.1, -0.05) is 15.9 Å². The second-order valence-corrected chi connectivity index (χ2v) is 6.40. The molecule has 2 aromatic carbocycles. The number of carbonyl (C=O) groups excluding carboxylic acids is 1. The van der Waals surface area contributed by atoms with Crippen LogP contribution in [0.15, 0.2) is 64.1 Å². The lowest BCUT2D eigenvalue weighted by atomic mass is 10.2. The van der Waals surface area contributed by atoms with Crippen LogP contribution in [-0.4, -0.2) is 29.7 Å². The topological polar surface area (TPSA) is 82.4 Å². The zero-order valence-electron chi connectivity index (χ0n) is 14.6. The Hall–Kier alpha value is -3.13. The highest BCUT2D eigenvalue weighted by Crippen LogP contribution is 2.23. The Morgan fingerprint density at radius 2 is 1.70 bits per heavy atom. The maximum absolute atomic E-state index is 12.7. The fourth-order valence-corrected chi connectivity index (χ4v) is 2.68. The van der Waals surface area contributed by atoms with Gasteiger partial charge in [0.05, 0.1) is 14.2 Å². The molecule has 1 aromatic heterocycles. The Labute approximate surface area is 163 Å². The second kappa shape index (κ2) is 8.05. The summed E-state index contributed by atoms with van der Waals surface area (Å²) in [5.41, 5.74) is 0.499. The smallest absolute Gasteiger partial charge is 0.298 e. The van der Waals surface area contributed by atoms with Crippen LogP contribution < -0.4 is 20.3 Å². The number of methoxy groups -OCH3 is 2. The lowest BCUT2D eigenvalue weighted by molar-refractivity contribution is 0.102. The molecule has 0 unspecified atom stereocenters. The van der Waals surface area contributed by atoms with Crippen molar-refractivity contribution < 1.29 is 14.3 Å². The minimum atomic E-state index is -0.495. The molecule has 0 aliphatic rings. The first-order valence-corrected chi connectivity index (χ1v) is 8.69. The van der Waals surface area contributed by atoms with Gasteiger partial charge in [-0.3, -0.25) is 14.2 Å². The second-order valence-electron chi connectivity index (χ2n) is 5.48. The van der Waals surface area contributed by atoms with E-state index in [0.717, 1.165) is 4.47 Å². The Kier molecular flexibility index (Phi) is 5.56. The average Bonchev–Trinajstić information content (AvgIpc) is 2.69. The number of benzene rings is 2. The highest BCUT2D eigenvalue weighted by Gasteiger charge is 2.14. The van der Waals surface area contributed by atoms with Gasteiger partial charge < -0.3 is 14.8 Å². The molecule has 0 aliphatic heterocycles. The molecular weight excluding hydrogens is 414 g/mol. The zero-order chi connectivity index (χ0) is 19.4. The standard InChI is InChI=1S/C19H16BrN3O4/c1-26-15-9-12(10-16(11-15)27-2)18(24)22-17-19(25)23(8-7-21-17)14-5-3-13(20)4-6-14/h3-11H,1-2H3,(H,21,22,24). The first-order valence-electron chi connectivity index (χ1n) is 7.90. The predicted molar refractivity (Wildman–Crippen MR) is 105 cm³/mol. The summed E-state index contributed by atoms with van der Waals surface area (Å²) in [5, 5.41) is 2.55. The van der Waals surface area contributed by atoms with E-state index in [9.17, 15) is 9.59 Å². The highest BCUT2D eigenvalue weighted by molar-refractivity contribution is 9.10. The van der Waals surface area contributed by atoms with Crippen LogP contribution in [0, 0.1) is 0 Å². The van der Waals surface area contributed by atoms with Crippen LogP contribution >= 0.6 is 15.9 Å². The molecule has 0 spiro atoms. The molecular formula is C19H16BrN3O4. The molecule has 0 radical (unpaired) electrons. The first-order chi connectivity index (χ1) is 13.0. The third-order valence-electron chi connectivity index (χ3n) is 3.79. The number of anilines is 1. The normalized spacial score (nSPS) is 10.3. The Balaban J connectivity index is 1.92. The molecule has 3 aromatic rings. The summed E-state index contributed by atoms with van der Waals surface area (Å²) in [4.78, 5) is 29.3. The van der Waals surface area contributed by atoms with E-state index in [0.29, 0.717) is 17.2 Å². The van der Waals surface area contributed by atoms with Crippen molar-refractivity contribution in [3.8, 4) is 17.2 Å². The van der Waals surface area contributed by atoms with Crippen LogP contribution in [-0.2, 0) is 0 Å². The van der Waals surface area contributed by atoms with E-state index in [2.05, 4.69) is 26.2 Å². The largest absolute Gasteiger partial charge is 0.497 e. The van der Waals surface area contributed by atoms with E-state index in [4.69, 9.17) is 9.47 Å². The molecule has 0 atom stereocenters. The molecule has 0 saturated carbocycles. The van der Waals surface area contributed by atoms with Crippen molar-refractivity contribution in [2.75, 3.05) is 19.5 Å². The molecule has 0 bridgehead atoms. The number of amides is 1. The maximum atomic E-state index is 12.7. The Morgan fingerprint density at radius 3 is 2.30 bits per heavy atom. The van der Waals surface area contributed by atoms with E-state index < -0.39 is 11.5 Å². The van der Waals surface area contributed by atoms with Gasteiger partial charge in [0.25, 0.3) is 11.5 Å². The predicted octanol–water partition coefficient (Wildman–Crippen LogP) is 3.26. The molecule has 7 nitrogen and oxygen atoms in total. The minimum Gasteiger partial charge on any atom is -0.497 e. The minimum absolute atomic E-state index is 0.0767. The van der Waals surface area contributed by atoms with Gasteiger partial charge in [-0.2, -0.15) is 0 Å². The van der Waals surface area contributed by atoms with Crippen LogP contribution in [0.3, 0.4) is 0 Å². The molecule has 3 rings (SSSR count). The molecule has 8 heteroatoms. The van der Waals surface area contributed by atoms with Gasteiger partial charge in [-0.15, -0.1) is 0 Å². The van der Waals surface area contributed by atoms with Crippen molar-refractivity contribution in [2.45, 2.75) is 0 Å². The molecule has 138 valence electrons.